The van der Waals surface area contributed by atoms with Crippen LogP contribution in [-0.2, 0) is 9.47 Å². The van der Waals surface area contributed by atoms with Crippen LogP contribution in [0.5, 0.6) is 0 Å². The molecule has 0 radical (unpaired) electrons. The van der Waals surface area contributed by atoms with Crippen LogP contribution in [0.4, 0.5) is 0 Å². The number of nitrogens with one attached hydrogen (secondary N) is 1. The number of ether oxygens (including phenoxy) is 2. The minimum absolute atomic E-state index is 0.0974. The van der Waals surface area contributed by atoms with Gasteiger partial charge in [-0.15, -0.1) is 0 Å². The SMILES string of the molecule is COC(C)C1(C)CNCC(C)(C(C)C)O1. The van der Waals surface area contributed by atoms with E-state index in [4.69, 9.17) is 9.47 Å². The van der Waals surface area contributed by atoms with Crippen LogP contribution in [0.25, 0.3) is 0 Å². The molecule has 3 atom stereocenters. The molecule has 0 aliphatic carbocycles. The molecule has 0 spiro atoms. The molecule has 3 nitrogen and oxygen atoms in total. The van der Waals surface area contributed by atoms with E-state index < -0.39 is 0 Å². The van der Waals surface area contributed by atoms with Gasteiger partial charge in [0, 0.05) is 20.2 Å². The molecule has 1 fully saturated rings. The second kappa shape index (κ2) is 4.40. The van der Waals surface area contributed by atoms with Gasteiger partial charge in [0.15, 0.2) is 0 Å². The summed E-state index contributed by atoms with van der Waals surface area (Å²) in [5.41, 5.74) is -0.328. The highest BCUT2D eigenvalue weighted by atomic mass is 16.6. The average molecular weight is 215 g/mol. The summed E-state index contributed by atoms with van der Waals surface area (Å²) in [6, 6.07) is 0. The van der Waals surface area contributed by atoms with Crippen molar-refractivity contribution in [3.8, 4) is 0 Å². The smallest absolute Gasteiger partial charge is 0.104 e. The Bertz CT molecular complexity index is 220. The Morgan fingerprint density at radius 1 is 1.13 bits per heavy atom. The molecule has 1 aliphatic rings. The minimum atomic E-state index is -0.230. The van der Waals surface area contributed by atoms with E-state index in [0.29, 0.717) is 5.92 Å². The van der Waals surface area contributed by atoms with Gasteiger partial charge in [0.2, 0.25) is 0 Å². The van der Waals surface area contributed by atoms with Crippen LogP contribution < -0.4 is 5.32 Å². The summed E-state index contributed by atoms with van der Waals surface area (Å²) in [5, 5.41) is 3.46. The predicted octanol–water partition coefficient (Wildman–Crippen LogP) is 1.81. The Morgan fingerprint density at radius 3 is 2.13 bits per heavy atom. The Hall–Kier alpha value is -0.120. The lowest BCUT2D eigenvalue weighted by molar-refractivity contribution is -0.219. The number of hydrogen-bond donors (Lipinski definition) is 1. The first-order valence-corrected chi connectivity index (χ1v) is 5.78. The first-order chi connectivity index (χ1) is 6.84. The fourth-order valence-electron chi connectivity index (χ4n) is 1.96. The van der Waals surface area contributed by atoms with Crippen molar-refractivity contribution in [2.45, 2.75) is 51.9 Å². The van der Waals surface area contributed by atoms with E-state index in [9.17, 15) is 0 Å². The van der Waals surface area contributed by atoms with Gasteiger partial charge >= 0.3 is 0 Å². The highest BCUT2D eigenvalue weighted by molar-refractivity contribution is 4.96. The first-order valence-electron chi connectivity index (χ1n) is 5.78. The third kappa shape index (κ3) is 2.52. The summed E-state index contributed by atoms with van der Waals surface area (Å²) in [4.78, 5) is 0. The normalized spacial score (nSPS) is 39.4. The maximum Gasteiger partial charge on any atom is 0.104 e. The zero-order valence-corrected chi connectivity index (χ0v) is 10.9. The molecule has 0 bridgehead atoms. The van der Waals surface area contributed by atoms with Gasteiger partial charge < -0.3 is 14.8 Å². The summed E-state index contributed by atoms with van der Waals surface area (Å²) >= 11 is 0. The van der Waals surface area contributed by atoms with Gasteiger partial charge in [-0.05, 0) is 26.7 Å². The third-order valence-electron chi connectivity index (χ3n) is 3.85. The van der Waals surface area contributed by atoms with Crippen LogP contribution in [0.1, 0.15) is 34.6 Å². The van der Waals surface area contributed by atoms with E-state index in [2.05, 4.69) is 39.9 Å². The van der Waals surface area contributed by atoms with E-state index in [1.54, 1.807) is 7.11 Å². The topological polar surface area (TPSA) is 30.5 Å². The molecule has 1 N–H and O–H groups in total. The molecule has 15 heavy (non-hydrogen) atoms. The van der Waals surface area contributed by atoms with Gasteiger partial charge in [0.05, 0.1) is 11.7 Å². The molecular weight excluding hydrogens is 190 g/mol. The Morgan fingerprint density at radius 2 is 1.67 bits per heavy atom. The molecular formula is C12H25NO2. The van der Waals surface area contributed by atoms with E-state index in [1.807, 2.05) is 0 Å². The van der Waals surface area contributed by atoms with Crippen molar-refractivity contribution in [1.29, 1.82) is 0 Å². The molecule has 0 aromatic carbocycles. The first kappa shape index (κ1) is 12.9. The van der Waals surface area contributed by atoms with Gasteiger partial charge in [-0.2, -0.15) is 0 Å². The van der Waals surface area contributed by atoms with Crippen molar-refractivity contribution in [2.24, 2.45) is 5.92 Å². The van der Waals surface area contributed by atoms with Crippen molar-refractivity contribution in [3.05, 3.63) is 0 Å². The number of rotatable bonds is 3. The molecule has 0 aromatic rings. The van der Waals surface area contributed by atoms with Crippen molar-refractivity contribution in [2.75, 3.05) is 20.2 Å². The zero-order valence-electron chi connectivity index (χ0n) is 10.9. The molecule has 0 aromatic heterocycles. The van der Waals surface area contributed by atoms with Crippen LogP contribution in [0.15, 0.2) is 0 Å². The summed E-state index contributed by atoms with van der Waals surface area (Å²) in [6.45, 7) is 12.5. The third-order valence-corrected chi connectivity index (χ3v) is 3.85. The molecule has 0 saturated carbocycles. The highest BCUT2D eigenvalue weighted by Gasteiger charge is 2.45. The lowest BCUT2D eigenvalue weighted by Crippen LogP contribution is -2.63. The number of hydrogen-bond acceptors (Lipinski definition) is 3. The molecule has 90 valence electrons. The number of methoxy groups -OCH3 is 1. The van der Waals surface area contributed by atoms with Crippen LogP contribution in [-0.4, -0.2) is 37.5 Å². The molecule has 3 heteroatoms. The summed E-state index contributed by atoms with van der Waals surface area (Å²) < 4.78 is 11.7. The van der Waals surface area contributed by atoms with E-state index in [1.165, 1.54) is 0 Å². The fraction of sp³-hybridized carbons (Fsp3) is 1.00. The number of morpholine rings is 1. The minimum Gasteiger partial charge on any atom is -0.379 e. The van der Waals surface area contributed by atoms with Crippen molar-refractivity contribution in [1.82, 2.24) is 5.32 Å². The summed E-state index contributed by atoms with van der Waals surface area (Å²) in [5.74, 6) is 0.494. The maximum absolute atomic E-state index is 6.29. The molecule has 1 rings (SSSR count). The maximum atomic E-state index is 6.29. The monoisotopic (exact) mass is 215 g/mol. The molecule has 1 heterocycles. The standard InChI is InChI=1S/C12H25NO2/c1-9(2)11(4)7-13-8-12(5,15-11)10(3)14-6/h9-10,13H,7-8H2,1-6H3. The van der Waals surface area contributed by atoms with Gasteiger partial charge in [-0.25, -0.2) is 0 Å². The van der Waals surface area contributed by atoms with Crippen molar-refractivity contribution < 1.29 is 9.47 Å². The molecule has 3 unspecified atom stereocenters. The summed E-state index contributed by atoms with van der Waals surface area (Å²) in [6.07, 6.45) is 0.100. The van der Waals surface area contributed by atoms with E-state index >= 15 is 0 Å². The van der Waals surface area contributed by atoms with Gasteiger partial charge in [0.1, 0.15) is 5.60 Å². The Labute approximate surface area is 93.5 Å². The zero-order chi connectivity index (χ0) is 11.7. The van der Waals surface area contributed by atoms with Crippen LogP contribution in [0.2, 0.25) is 0 Å². The molecule has 1 saturated heterocycles. The highest BCUT2D eigenvalue weighted by Crippen LogP contribution is 2.32. The Kier molecular flexibility index (Phi) is 3.80. The molecule has 0 amide bonds. The van der Waals surface area contributed by atoms with E-state index in [0.717, 1.165) is 13.1 Å². The summed E-state index contributed by atoms with van der Waals surface area (Å²) in [7, 11) is 1.74. The van der Waals surface area contributed by atoms with Gasteiger partial charge in [-0.1, -0.05) is 13.8 Å². The Balaban J connectivity index is 2.78. The van der Waals surface area contributed by atoms with Crippen LogP contribution >= 0.6 is 0 Å². The van der Waals surface area contributed by atoms with Crippen LogP contribution in [0.3, 0.4) is 0 Å². The van der Waals surface area contributed by atoms with Gasteiger partial charge in [0.25, 0.3) is 0 Å². The van der Waals surface area contributed by atoms with Crippen molar-refractivity contribution in [3.63, 3.8) is 0 Å². The van der Waals surface area contributed by atoms with Gasteiger partial charge in [-0.3, -0.25) is 0 Å². The lowest BCUT2D eigenvalue weighted by atomic mass is 9.86. The van der Waals surface area contributed by atoms with Crippen LogP contribution in [0, 0.1) is 5.92 Å². The average Bonchev–Trinajstić information content (AvgIpc) is 2.16. The second-order valence-electron chi connectivity index (χ2n) is 5.36. The quantitative estimate of drug-likeness (QED) is 0.779. The predicted molar refractivity (Wildman–Crippen MR) is 62.1 cm³/mol. The van der Waals surface area contributed by atoms with Crippen molar-refractivity contribution >= 4 is 0 Å². The largest absolute Gasteiger partial charge is 0.379 e. The second-order valence-corrected chi connectivity index (χ2v) is 5.36. The lowest BCUT2D eigenvalue weighted by Gasteiger charge is -2.49. The van der Waals surface area contributed by atoms with E-state index in [-0.39, 0.29) is 17.3 Å². The molecule has 1 aliphatic heterocycles. The fourth-order valence-corrected chi connectivity index (χ4v) is 1.96.